The molecule has 5 nitrogen and oxygen atoms in total. The average Bonchev–Trinajstić information content (AvgIpc) is 2.16. The number of allylic oxidation sites excluding steroid dienone is 1. The van der Waals surface area contributed by atoms with E-state index in [1.54, 1.807) is 0 Å². The van der Waals surface area contributed by atoms with Crippen LogP contribution in [0.4, 0.5) is 0 Å². The molecule has 0 radical (unpaired) electrons. The van der Waals surface area contributed by atoms with Crippen LogP contribution in [0.2, 0.25) is 0 Å². The van der Waals surface area contributed by atoms with Crippen LogP contribution in [0.5, 0.6) is 0 Å². The number of carboxylic acids is 1. The van der Waals surface area contributed by atoms with Gasteiger partial charge in [0.15, 0.2) is 5.78 Å². The molecule has 0 atom stereocenters. The van der Waals surface area contributed by atoms with Gasteiger partial charge >= 0.3 is 11.9 Å². The summed E-state index contributed by atoms with van der Waals surface area (Å²) in [6, 6.07) is 0. The van der Waals surface area contributed by atoms with Crippen molar-refractivity contribution in [2.75, 3.05) is 6.61 Å². The van der Waals surface area contributed by atoms with Crippen molar-refractivity contribution in [3.8, 4) is 0 Å². The van der Waals surface area contributed by atoms with Crippen molar-refractivity contribution in [3.05, 3.63) is 24.3 Å². The highest BCUT2D eigenvalue weighted by molar-refractivity contribution is 5.95. The number of hydrogen-bond acceptors (Lipinski definition) is 4. The summed E-state index contributed by atoms with van der Waals surface area (Å²) in [4.78, 5) is 32.0. The average molecular weight is 212 g/mol. The largest absolute Gasteiger partial charge is 0.478 e. The second-order valence-corrected chi connectivity index (χ2v) is 2.72. The highest BCUT2D eigenvalue weighted by Crippen LogP contribution is 1.97. The molecule has 0 aliphatic carbocycles. The van der Waals surface area contributed by atoms with E-state index in [2.05, 4.69) is 11.3 Å². The third-order valence-corrected chi connectivity index (χ3v) is 1.47. The standard InChI is InChI=1S/C10H12O5/c1-3-8(11)4-5-15-10(14)7(2)6-9(12)13/h3,6H,1,4-5H2,2H3,(H,12,13)/b7-6-. The number of carbonyl (C=O) groups is 3. The number of rotatable bonds is 6. The highest BCUT2D eigenvalue weighted by atomic mass is 16.5. The lowest BCUT2D eigenvalue weighted by molar-refractivity contribution is -0.140. The number of ether oxygens (including phenoxy) is 1. The van der Waals surface area contributed by atoms with Crippen molar-refractivity contribution in [3.63, 3.8) is 0 Å². The fourth-order valence-electron chi connectivity index (χ4n) is 0.704. The van der Waals surface area contributed by atoms with Gasteiger partial charge in [-0.15, -0.1) is 0 Å². The first kappa shape index (κ1) is 13.1. The first-order chi connectivity index (χ1) is 6.97. The molecule has 0 fully saturated rings. The monoisotopic (exact) mass is 212 g/mol. The maximum Gasteiger partial charge on any atom is 0.333 e. The van der Waals surface area contributed by atoms with Crippen molar-refractivity contribution in [2.45, 2.75) is 13.3 Å². The van der Waals surface area contributed by atoms with Gasteiger partial charge in [0.1, 0.15) is 0 Å². The number of hydrogen-bond donors (Lipinski definition) is 1. The van der Waals surface area contributed by atoms with E-state index in [4.69, 9.17) is 5.11 Å². The number of carboxylic acid groups (broad SMARTS) is 1. The molecular formula is C10H12O5. The minimum Gasteiger partial charge on any atom is -0.478 e. The number of aliphatic carboxylic acids is 1. The smallest absolute Gasteiger partial charge is 0.333 e. The Labute approximate surface area is 87.0 Å². The molecule has 0 unspecified atom stereocenters. The Bertz CT molecular complexity index is 314. The summed E-state index contributed by atoms with van der Waals surface area (Å²) in [5.74, 6) is -2.19. The van der Waals surface area contributed by atoms with Crippen LogP contribution in [-0.4, -0.2) is 29.4 Å². The van der Waals surface area contributed by atoms with Gasteiger partial charge in [0.05, 0.1) is 6.61 Å². The van der Waals surface area contributed by atoms with E-state index in [-0.39, 0.29) is 24.4 Å². The Kier molecular flexibility index (Phi) is 5.70. The molecule has 15 heavy (non-hydrogen) atoms. The highest BCUT2D eigenvalue weighted by Gasteiger charge is 2.07. The van der Waals surface area contributed by atoms with Crippen molar-refractivity contribution >= 4 is 17.7 Å². The molecule has 0 bridgehead atoms. The van der Waals surface area contributed by atoms with Crippen molar-refractivity contribution in [1.29, 1.82) is 0 Å². The molecule has 0 spiro atoms. The van der Waals surface area contributed by atoms with Gasteiger partial charge < -0.3 is 9.84 Å². The zero-order valence-electron chi connectivity index (χ0n) is 8.36. The maximum atomic E-state index is 11.1. The van der Waals surface area contributed by atoms with Gasteiger partial charge in [0, 0.05) is 18.1 Å². The molecule has 1 N–H and O–H groups in total. The second kappa shape index (κ2) is 6.53. The van der Waals surface area contributed by atoms with Gasteiger partial charge in [0.25, 0.3) is 0 Å². The zero-order chi connectivity index (χ0) is 11.8. The summed E-state index contributed by atoms with van der Waals surface area (Å²) < 4.78 is 4.64. The second-order valence-electron chi connectivity index (χ2n) is 2.72. The molecular weight excluding hydrogens is 200 g/mol. The predicted octanol–water partition coefficient (Wildman–Crippen LogP) is 0.706. The van der Waals surface area contributed by atoms with Crippen LogP contribution >= 0.6 is 0 Å². The van der Waals surface area contributed by atoms with Gasteiger partial charge in [0.2, 0.25) is 0 Å². The fourth-order valence-corrected chi connectivity index (χ4v) is 0.704. The first-order valence-corrected chi connectivity index (χ1v) is 4.21. The molecule has 0 saturated heterocycles. The SMILES string of the molecule is C=CC(=O)CCOC(=O)/C(C)=C\C(=O)O. The summed E-state index contributed by atoms with van der Waals surface area (Å²) in [5, 5.41) is 8.33. The molecule has 0 amide bonds. The van der Waals surface area contributed by atoms with E-state index in [0.29, 0.717) is 0 Å². The fraction of sp³-hybridized carbons (Fsp3) is 0.300. The lowest BCUT2D eigenvalue weighted by atomic mass is 10.3. The van der Waals surface area contributed by atoms with Crippen molar-refractivity contribution < 1.29 is 24.2 Å². The molecule has 0 aromatic carbocycles. The van der Waals surface area contributed by atoms with Crippen LogP contribution < -0.4 is 0 Å². The van der Waals surface area contributed by atoms with Crippen LogP contribution in [0.15, 0.2) is 24.3 Å². The Balaban J connectivity index is 3.99. The van der Waals surface area contributed by atoms with E-state index in [9.17, 15) is 14.4 Å². The minimum atomic E-state index is -1.22. The summed E-state index contributed by atoms with van der Waals surface area (Å²) >= 11 is 0. The van der Waals surface area contributed by atoms with Crippen LogP contribution in [-0.2, 0) is 19.1 Å². The third-order valence-electron chi connectivity index (χ3n) is 1.47. The van der Waals surface area contributed by atoms with E-state index in [1.807, 2.05) is 0 Å². The first-order valence-electron chi connectivity index (χ1n) is 4.21. The van der Waals surface area contributed by atoms with E-state index in [0.717, 1.165) is 12.2 Å². The summed E-state index contributed by atoms with van der Waals surface area (Å²) in [5.41, 5.74) is -0.0199. The molecule has 0 aromatic heterocycles. The number of esters is 1. The molecule has 0 rings (SSSR count). The van der Waals surface area contributed by atoms with Crippen LogP contribution in [0.25, 0.3) is 0 Å². The summed E-state index contributed by atoms with van der Waals surface area (Å²) in [7, 11) is 0. The lowest BCUT2D eigenvalue weighted by Gasteiger charge is -2.02. The molecule has 5 heteroatoms. The Morgan fingerprint density at radius 1 is 1.40 bits per heavy atom. The summed E-state index contributed by atoms with van der Waals surface area (Å²) in [6.07, 6.45) is 1.93. The Morgan fingerprint density at radius 2 is 2.00 bits per heavy atom. The van der Waals surface area contributed by atoms with Crippen molar-refractivity contribution in [1.82, 2.24) is 0 Å². The van der Waals surface area contributed by atoms with Crippen LogP contribution in [0.1, 0.15) is 13.3 Å². The van der Waals surface area contributed by atoms with Crippen molar-refractivity contribution in [2.24, 2.45) is 0 Å². The maximum absolute atomic E-state index is 11.1. The van der Waals surface area contributed by atoms with Gasteiger partial charge in [-0.1, -0.05) is 6.58 Å². The molecule has 0 heterocycles. The topological polar surface area (TPSA) is 80.7 Å². The Hall–Kier alpha value is -1.91. The molecule has 0 saturated carbocycles. The van der Waals surface area contributed by atoms with E-state index in [1.165, 1.54) is 6.92 Å². The summed E-state index contributed by atoms with van der Waals surface area (Å²) in [6.45, 7) is 4.50. The predicted molar refractivity (Wildman–Crippen MR) is 52.2 cm³/mol. The van der Waals surface area contributed by atoms with Gasteiger partial charge in [-0.25, -0.2) is 9.59 Å². The normalized spacial score (nSPS) is 10.6. The van der Waals surface area contributed by atoms with Gasteiger partial charge in [-0.2, -0.15) is 0 Å². The minimum absolute atomic E-state index is 0.0199. The van der Waals surface area contributed by atoms with Crippen LogP contribution in [0, 0.1) is 0 Å². The Morgan fingerprint density at radius 3 is 2.47 bits per heavy atom. The zero-order valence-corrected chi connectivity index (χ0v) is 8.36. The van der Waals surface area contributed by atoms with E-state index >= 15 is 0 Å². The van der Waals surface area contributed by atoms with E-state index < -0.39 is 11.9 Å². The quantitative estimate of drug-likeness (QED) is 0.518. The van der Waals surface area contributed by atoms with Gasteiger partial charge in [-0.05, 0) is 13.0 Å². The van der Waals surface area contributed by atoms with Gasteiger partial charge in [-0.3, -0.25) is 4.79 Å². The van der Waals surface area contributed by atoms with Crippen LogP contribution in [0.3, 0.4) is 0 Å². The lowest BCUT2D eigenvalue weighted by Crippen LogP contribution is -2.10. The molecule has 0 aliphatic rings. The third kappa shape index (κ3) is 6.20. The molecule has 0 aromatic rings. The number of ketones is 1. The molecule has 82 valence electrons. The number of carbonyl (C=O) groups excluding carboxylic acids is 2. The molecule has 0 aliphatic heterocycles.